The molecule has 0 spiro atoms. The van der Waals surface area contributed by atoms with Crippen molar-refractivity contribution < 1.29 is 13.9 Å². The van der Waals surface area contributed by atoms with Crippen LogP contribution in [0, 0.1) is 0 Å². The molecule has 27 heavy (non-hydrogen) atoms. The van der Waals surface area contributed by atoms with E-state index in [1.165, 1.54) is 0 Å². The third-order valence-electron chi connectivity index (χ3n) is 4.22. The fourth-order valence-electron chi connectivity index (χ4n) is 2.70. The fraction of sp³-hybridized carbons (Fsp3) is 0.238. The Kier molecular flexibility index (Phi) is 6.14. The Bertz CT molecular complexity index is 906. The maximum Gasteiger partial charge on any atom is 0.220 e. The number of methoxy groups -OCH3 is 1. The summed E-state index contributed by atoms with van der Waals surface area (Å²) in [4.78, 5) is 16.5. The molecular weight excluding hydrogens is 364 g/mol. The zero-order valence-electron chi connectivity index (χ0n) is 15.2. The molecule has 1 heterocycles. The number of halogens is 1. The lowest BCUT2D eigenvalue weighted by Gasteiger charge is -2.14. The average Bonchev–Trinajstić information content (AvgIpc) is 3.16. The lowest BCUT2D eigenvalue weighted by molar-refractivity contribution is -0.121. The maximum atomic E-state index is 12.2. The molecule has 0 fully saturated rings. The summed E-state index contributed by atoms with van der Waals surface area (Å²) in [6.45, 7) is 1.94. The molecule has 1 amide bonds. The second-order valence-electron chi connectivity index (χ2n) is 6.19. The SMILES string of the molecule is COc1cccc(-c2cnc(CCC(=O)N[C@@H](C)c3ccc(Cl)cc3)o2)c1. The van der Waals surface area contributed by atoms with Crippen molar-refractivity contribution in [2.45, 2.75) is 25.8 Å². The lowest BCUT2D eigenvalue weighted by Crippen LogP contribution is -2.26. The minimum absolute atomic E-state index is 0.0569. The van der Waals surface area contributed by atoms with Crippen molar-refractivity contribution in [2.24, 2.45) is 0 Å². The zero-order chi connectivity index (χ0) is 19.2. The van der Waals surface area contributed by atoms with Gasteiger partial charge in [-0.15, -0.1) is 0 Å². The minimum Gasteiger partial charge on any atom is -0.497 e. The number of oxazole rings is 1. The van der Waals surface area contributed by atoms with E-state index in [4.69, 9.17) is 20.8 Å². The smallest absolute Gasteiger partial charge is 0.220 e. The molecular formula is C21H21ClN2O3. The van der Waals surface area contributed by atoms with E-state index in [-0.39, 0.29) is 11.9 Å². The molecule has 0 aliphatic rings. The van der Waals surface area contributed by atoms with Gasteiger partial charge in [-0.3, -0.25) is 4.79 Å². The van der Waals surface area contributed by atoms with Crippen LogP contribution in [-0.4, -0.2) is 18.0 Å². The van der Waals surface area contributed by atoms with Gasteiger partial charge in [-0.05, 0) is 36.8 Å². The highest BCUT2D eigenvalue weighted by molar-refractivity contribution is 6.30. The van der Waals surface area contributed by atoms with Crippen molar-refractivity contribution in [3.8, 4) is 17.1 Å². The van der Waals surface area contributed by atoms with Gasteiger partial charge in [0.15, 0.2) is 11.7 Å². The quantitative estimate of drug-likeness (QED) is 0.634. The van der Waals surface area contributed by atoms with Crippen molar-refractivity contribution in [1.29, 1.82) is 0 Å². The molecule has 1 aromatic heterocycles. The Morgan fingerprint density at radius 1 is 1.26 bits per heavy atom. The molecule has 2 aromatic carbocycles. The normalized spacial score (nSPS) is 11.8. The number of carbonyl (C=O) groups excluding carboxylic acids is 1. The molecule has 0 aliphatic carbocycles. The molecule has 1 atom stereocenters. The maximum absolute atomic E-state index is 12.2. The number of hydrogen-bond acceptors (Lipinski definition) is 4. The molecule has 0 saturated heterocycles. The van der Waals surface area contributed by atoms with Crippen LogP contribution < -0.4 is 10.1 Å². The number of aromatic nitrogens is 1. The molecule has 0 bridgehead atoms. The average molecular weight is 385 g/mol. The first-order valence-corrected chi connectivity index (χ1v) is 9.07. The molecule has 0 unspecified atom stereocenters. The van der Waals surface area contributed by atoms with Crippen LogP contribution in [0.25, 0.3) is 11.3 Å². The standard InChI is InChI=1S/C21H21ClN2O3/c1-14(15-6-8-17(22)9-7-15)24-20(25)10-11-21-23-13-19(27-21)16-4-3-5-18(12-16)26-2/h3-9,12-14H,10-11H2,1-2H3,(H,24,25)/t14-/m0/s1. The number of amides is 1. The summed E-state index contributed by atoms with van der Waals surface area (Å²) < 4.78 is 11.0. The Balaban J connectivity index is 1.54. The Hall–Kier alpha value is -2.79. The van der Waals surface area contributed by atoms with Gasteiger partial charge < -0.3 is 14.5 Å². The fourth-order valence-corrected chi connectivity index (χ4v) is 2.83. The van der Waals surface area contributed by atoms with E-state index >= 15 is 0 Å². The van der Waals surface area contributed by atoms with Crippen molar-refractivity contribution in [2.75, 3.05) is 7.11 Å². The largest absolute Gasteiger partial charge is 0.497 e. The van der Waals surface area contributed by atoms with Gasteiger partial charge in [0.2, 0.25) is 5.91 Å². The summed E-state index contributed by atoms with van der Waals surface area (Å²) in [7, 11) is 1.62. The van der Waals surface area contributed by atoms with Crippen LogP contribution in [-0.2, 0) is 11.2 Å². The summed E-state index contributed by atoms with van der Waals surface area (Å²) in [6.07, 6.45) is 2.40. The molecule has 0 saturated carbocycles. The van der Waals surface area contributed by atoms with E-state index in [9.17, 15) is 4.79 Å². The number of carbonyl (C=O) groups is 1. The number of rotatable bonds is 7. The molecule has 6 heteroatoms. The first-order chi connectivity index (χ1) is 13.0. The molecule has 3 rings (SSSR count). The summed E-state index contributed by atoms with van der Waals surface area (Å²) in [5, 5.41) is 3.65. The molecule has 1 N–H and O–H groups in total. The minimum atomic E-state index is -0.0910. The second-order valence-corrected chi connectivity index (χ2v) is 6.63. The predicted octanol–water partition coefficient (Wildman–Crippen LogP) is 4.81. The summed E-state index contributed by atoms with van der Waals surface area (Å²) >= 11 is 5.89. The van der Waals surface area contributed by atoms with Crippen LogP contribution in [0.2, 0.25) is 5.02 Å². The number of aryl methyl sites for hydroxylation is 1. The van der Waals surface area contributed by atoms with Crippen molar-refractivity contribution in [3.05, 3.63) is 71.2 Å². The number of ether oxygens (including phenoxy) is 1. The van der Waals surface area contributed by atoms with Gasteiger partial charge in [-0.1, -0.05) is 35.9 Å². The van der Waals surface area contributed by atoms with E-state index < -0.39 is 0 Å². The van der Waals surface area contributed by atoms with Gasteiger partial charge in [-0.2, -0.15) is 0 Å². The molecule has 0 aliphatic heterocycles. The summed E-state index contributed by atoms with van der Waals surface area (Å²) in [6, 6.07) is 14.9. The van der Waals surface area contributed by atoms with Gasteiger partial charge in [-0.25, -0.2) is 4.98 Å². The first-order valence-electron chi connectivity index (χ1n) is 8.69. The predicted molar refractivity (Wildman–Crippen MR) is 105 cm³/mol. The molecule has 0 radical (unpaired) electrons. The topological polar surface area (TPSA) is 64.4 Å². The first kappa shape index (κ1) is 19.0. The van der Waals surface area contributed by atoms with Crippen LogP contribution in [0.4, 0.5) is 0 Å². The summed E-state index contributed by atoms with van der Waals surface area (Å²) in [5.41, 5.74) is 1.89. The summed E-state index contributed by atoms with van der Waals surface area (Å²) in [5.74, 6) is 1.88. The van der Waals surface area contributed by atoms with Crippen LogP contribution in [0.3, 0.4) is 0 Å². The Morgan fingerprint density at radius 3 is 2.78 bits per heavy atom. The van der Waals surface area contributed by atoms with Crippen molar-refractivity contribution in [3.63, 3.8) is 0 Å². The van der Waals surface area contributed by atoms with Gasteiger partial charge in [0.1, 0.15) is 5.75 Å². The molecule has 3 aromatic rings. The van der Waals surface area contributed by atoms with Gasteiger partial charge >= 0.3 is 0 Å². The van der Waals surface area contributed by atoms with Crippen LogP contribution >= 0.6 is 11.6 Å². The van der Waals surface area contributed by atoms with Crippen LogP contribution in [0.5, 0.6) is 5.75 Å². The third kappa shape index (κ3) is 5.11. The number of hydrogen-bond donors (Lipinski definition) is 1. The van der Waals surface area contributed by atoms with Gasteiger partial charge in [0, 0.05) is 23.4 Å². The van der Waals surface area contributed by atoms with E-state index in [0.717, 1.165) is 16.9 Å². The molecule has 140 valence electrons. The Labute approximate surface area is 163 Å². The van der Waals surface area contributed by atoms with E-state index in [0.29, 0.717) is 29.5 Å². The van der Waals surface area contributed by atoms with Gasteiger partial charge in [0.25, 0.3) is 0 Å². The lowest BCUT2D eigenvalue weighted by atomic mass is 10.1. The number of nitrogens with one attached hydrogen (secondary N) is 1. The van der Waals surface area contributed by atoms with Gasteiger partial charge in [0.05, 0.1) is 19.3 Å². The second kappa shape index (κ2) is 8.73. The van der Waals surface area contributed by atoms with Crippen molar-refractivity contribution >= 4 is 17.5 Å². The molecule has 5 nitrogen and oxygen atoms in total. The highest BCUT2D eigenvalue weighted by Crippen LogP contribution is 2.24. The van der Waals surface area contributed by atoms with E-state index in [2.05, 4.69) is 10.3 Å². The zero-order valence-corrected chi connectivity index (χ0v) is 16.0. The van der Waals surface area contributed by atoms with Crippen molar-refractivity contribution in [1.82, 2.24) is 10.3 Å². The number of nitrogens with zero attached hydrogens (tertiary/aromatic N) is 1. The highest BCUT2D eigenvalue weighted by Gasteiger charge is 2.12. The van der Waals surface area contributed by atoms with Crippen LogP contribution in [0.1, 0.15) is 30.8 Å². The monoisotopic (exact) mass is 384 g/mol. The highest BCUT2D eigenvalue weighted by atomic mass is 35.5. The third-order valence-corrected chi connectivity index (χ3v) is 4.47. The van der Waals surface area contributed by atoms with Crippen LogP contribution in [0.15, 0.2) is 59.1 Å². The van der Waals surface area contributed by atoms with E-state index in [1.807, 2.05) is 55.5 Å². The number of benzene rings is 2. The Morgan fingerprint density at radius 2 is 2.04 bits per heavy atom. The van der Waals surface area contributed by atoms with E-state index in [1.54, 1.807) is 13.3 Å².